The van der Waals surface area contributed by atoms with Crippen molar-refractivity contribution in [1.29, 1.82) is 0 Å². The van der Waals surface area contributed by atoms with Crippen LogP contribution in [0.4, 0.5) is 0 Å². The summed E-state index contributed by atoms with van der Waals surface area (Å²) < 4.78 is 1.00. The van der Waals surface area contributed by atoms with Crippen molar-refractivity contribution in [3.05, 3.63) is 26.5 Å². The molecular formula is C7H7ClINO. The fraction of sp³-hybridized carbons (Fsp3) is 0.286. The highest BCUT2D eigenvalue weighted by Gasteiger charge is 2.03. The molecule has 0 saturated heterocycles. The molecule has 0 aliphatic carbocycles. The molecule has 0 aliphatic rings. The lowest BCUT2D eigenvalue weighted by Crippen LogP contribution is -1.95. The molecule has 11 heavy (non-hydrogen) atoms. The van der Waals surface area contributed by atoms with E-state index in [1.165, 1.54) is 0 Å². The molecule has 0 spiro atoms. The lowest BCUT2D eigenvalue weighted by atomic mass is 10.2. The molecule has 1 N–H and O–H groups in total. The summed E-state index contributed by atoms with van der Waals surface area (Å²) in [6, 6.07) is 0. The Hall–Kier alpha value is 0.130. The normalized spacial score (nSPS) is 10.1. The van der Waals surface area contributed by atoms with Crippen LogP contribution in [0, 0.1) is 3.57 Å². The monoisotopic (exact) mass is 283 g/mol. The SMILES string of the molecule is OCCc1c(Cl)cncc1I. The summed E-state index contributed by atoms with van der Waals surface area (Å²) in [7, 11) is 0. The molecule has 60 valence electrons. The third-order valence-corrected chi connectivity index (χ3v) is 2.57. The van der Waals surface area contributed by atoms with Crippen molar-refractivity contribution < 1.29 is 5.11 Å². The van der Waals surface area contributed by atoms with E-state index in [1.54, 1.807) is 12.4 Å². The summed E-state index contributed by atoms with van der Waals surface area (Å²) in [5.74, 6) is 0. The van der Waals surface area contributed by atoms with Gasteiger partial charge >= 0.3 is 0 Å². The maximum atomic E-state index is 8.69. The number of pyridine rings is 1. The first-order chi connectivity index (χ1) is 5.25. The summed E-state index contributed by atoms with van der Waals surface area (Å²) in [6.07, 6.45) is 3.92. The van der Waals surface area contributed by atoms with Crippen LogP contribution >= 0.6 is 34.2 Å². The van der Waals surface area contributed by atoms with E-state index >= 15 is 0 Å². The standard InChI is InChI=1S/C7H7ClINO/c8-6-3-10-4-7(9)5(6)1-2-11/h3-4,11H,1-2H2. The maximum Gasteiger partial charge on any atom is 0.0632 e. The van der Waals surface area contributed by atoms with Crippen molar-refractivity contribution >= 4 is 34.2 Å². The van der Waals surface area contributed by atoms with Crippen molar-refractivity contribution in [1.82, 2.24) is 4.98 Å². The molecule has 4 heteroatoms. The average molecular weight is 283 g/mol. The highest BCUT2D eigenvalue weighted by atomic mass is 127. The first-order valence-corrected chi connectivity index (χ1v) is 4.60. The van der Waals surface area contributed by atoms with Gasteiger partial charge < -0.3 is 5.11 Å². The van der Waals surface area contributed by atoms with Crippen molar-refractivity contribution in [3.8, 4) is 0 Å². The van der Waals surface area contributed by atoms with Gasteiger partial charge in [-0.2, -0.15) is 0 Å². The summed E-state index contributed by atoms with van der Waals surface area (Å²) >= 11 is 7.98. The Morgan fingerprint density at radius 2 is 2.27 bits per heavy atom. The zero-order chi connectivity index (χ0) is 8.27. The van der Waals surface area contributed by atoms with Crippen LogP contribution in [0.2, 0.25) is 5.02 Å². The molecule has 0 atom stereocenters. The second-order valence-electron chi connectivity index (χ2n) is 2.06. The van der Waals surface area contributed by atoms with Crippen LogP contribution in [0.25, 0.3) is 0 Å². The van der Waals surface area contributed by atoms with Crippen molar-refractivity contribution in [2.75, 3.05) is 6.61 Å². The largest absolute Gasteiger partial charge is 0.396 e. The molecule has 1 aromatic rings. The van der Waals surface area contributed by atoms with E-state index in [0.717, 1.165) is 9.13 Å². The van der Waals surface area contributed by atoms with Gasteiger partial charge in [-0.05, 0) is 34.6 Å². The van der Waals surface area contributed by atoms with Crippen LogP contribution in [0.15, 0.2) is 12.4 Å². The number of aliphatic hydroxyl groups is 1. The van der Waals surface area contributed by atoms with Crippen LogP contribution < -0.4 is 0 Å². The predicted octanol–water partition coefficient (Wildman–Crippen LogP) is 1.87. The quantitative estimate of drug-likeness (QED) is 0.841. The van der Waals surface area contributed by atoms with Crippen LogP contribution in [-0.2, 0) is 6.42 Å². The summed E-state index contributed by atoms with van der Waals surface area (Å²) in [4.78, 5) is 3.91. The molecule has 0 unspecified atom stereocenters. The zero-order valence-corrected chi connectivity index (χ0v) is 8.63. The molecule has 2 nitrogen and oxygen atoms in total. The van der Waals surface area contributed by atoms with Crippen LogP contribution in [0.1, 0.15) is 5.56 Å². The van der Waals surface area contributed by atoms with Crippen LogP contribution in [-0.4, -0.2) is 16.7 Å². The van der Waals surface area contributed by atoms with E-state index < -0.39 is 0 Å². The van der Waals surface area contributed by atoms with Gasteiger partial charge in [0.05, 0.1) is 5.02 Å². The number of hydrogen-bond acceptors (Lipinski definition) is 2. The predicted molar refractivity (Wildman–Crippen MR) is 52.8 cm³/mol. The van der Waals surface area contributed by atoms with Crippen LogP contribution in [0.5, 0.6) is 0 Å². The Bertz CT molecular complexity index is 234. The van der Waals surface area contributed by atoms with E-state index in [0.29, 0.717) is 11.4 Å². The van der Waals surface area contributed by atoms with Gasteiger partial charge in [0.15, 0.2) is 0 Å². The van der Waals surface area contributed by atoms with Gasteiger partial charge in [-0.3, -0.25) is 4.98 Å². The van der Waals surface area contributed by atoms with Gasteiger partial charge in [-0.25, -0.2) is 0 Å². The first-order valence-electron chi connectivity index (χ1n) is 3.14. The van der Waals surface area contributed by atoms with E-state index in [4.69, 9.17) is 16.7 Å². The second kappa shape index (κ2) is 4.23. The Kier molecular flexibility index (Phi) is 3.54. The van der Waals surface area contributed by atoms with Gasteiger partial charge in [0, 0.05) is 22.6 Å². The Balaban J connectivity index is 3.00. The Labute approximate surface area is 83.7 Å². The number of aromatic nitrogens is 1. The summed E-state index contributed by atoms with van der Waals surface area (Å²) in [5.41, 5.74) is 0.977. The molecule has 0 amide bonds. The fourth-order valence-corrected chi connectivity index (χ4v) is 1.92. The van der Waals surface area contributed by atoms with E-state index in [2.05, 4.69) is 27.6 Å². The minimum Gasteiger partial charge on any atom is -0.396 e. The molecular weight excluding hydrogens is 276 g/mol. The molecule has 1 aromatic heterocycles. The molecule has 0 bridgehead atoms. The highest BCUT2D eigenvalue weighted by molar-refractivity contribution is 14.1. The second-order valence-corrected chi connectivity index (χ2v) is 3.62. The lowest BCUT2D eigenvalue weighted by Gasteiger charge is -2.02. The Morgan fingerprint density at radius 3 is 2.82 bits per heavy atom. The molecule has 1 rings (SSSR count). The maximum absolute atomic E-state index is 8.69. The van der Waals surface area contributed by atoms with Gasteiger partial charge in [0.1, 0.15) is 0 Å². The van der Waals surface area contributed by atoms with E-state index in [1.807, 2.05) is 0 Å². The van der Waals surface area contributed by atoms with E-state index in [9.17, 15) is 0 Å². The van der Waals surface area contributed by atoms with Crippen molar-refractivity contribution in [2.24, 2.45) is 0 Å². The number of halogens is 2. The molecule has 0 saturated carbocycles. The van der Waals surface area contributed by atoms with Crippen molar-refractivity contribution in [2.45, 2.75) is 6.42 Å². The molecule has 0 aromatic carbocycles. The summed E-state index contributed by atoms with van der Waals surface area (Å²) in [5, 5.41) is 9.32. The zero-order valence-electron chi connectivity index (χ0n) is 5.72. The minimum absolute atomic E-state index is 0.125. The summed E-state index contributed by atoms with van der Waals surface area (Å²) in [6.45, 7) is 0.125. The van der Waals surface area contributed by atoms with E-state index in [-0.39, 0.29) is 6.61 Å². The number of nitrogens with zero attached hydrogens (tertiary/aromatic N) is 1. The topological polar surface area (TPSA) is 33.1 Å². The molecule has 0 aliphatic heterocycles. The van der Waals surface area contributed by atoms with Crippen molar-refractivity contribution in [3.63, 3.8) is 0 Å². The average Bonchev–Trinajstić information content (AvgIpc) is 1.97. The Morgan fingerprint density at radius 1 is 1.55 bits per heavy atom. The van der Waals surface area contributed by atoms with Crippen LogP contribution in [0.3, 0.4) is 0 Å². The number of rotatable bonds is 2. The lowest BCUT2D eigenvalue weighted by molar-refractivity contribution is 0.299. The third-order valence-electron chi connectivity index (χ3n) is 1.31. The molecule has 0 radical (unpaired) electrons. The molecule has 1 heterocycles. The van der Waals surface area contributed by atoms with Gasteiger partial charge in [0.25, 0.3) is 0 Å². The number of aliphatic hydroxyl groups excluding tert-OH is 1. The minimum atomic E-state index is 0.125. The smallest absolute Gasteiger partial charge is 0.0632 e. The first kappa shape index (κ1) is 9.22. The van der Waals surface area contributed by atoms with Gasteiger partial charge in [-0.15, -0.1) is 0 Å². The molecule has 0 fully saturated rings. The highest BCUT2D eigenvalue weighted by Crippen LogP contribution is 2.20. The number of hydrogen-bond donors (Lipinski definition) is 1. The van der Waals surface area contributed by atoms with Gasteiger partial charge in [0.2, 0.25) is 0 Å². The van der Waals surface area contributed by atoms with Gasteiger partial charge in [-0.1, -0.05) is 11.6 Å². The fourth-order valence-electron chi connectivity index (χ4n) is 0.789. The third kappa shape index (κ3) is 2.28.